The zero-order valence-electron chi connectivity index (χ0n) is 13.9. The third-order valence-corrected chi connectivity index (χ3v) is 5.50. The summed E-state index contributed by atoms with van der Waals surface area (Å²) in [5.41, 5.74) is 2.32. The molecule has 0 radical (unpaired) electrons. The lowest BCUT2D eigenvalue weighted by molar-refractivity contribution is -0.113. The zero-order chi connectivity index (χ0) is 19.0. The van der Waals surface area contributed by atoms with Crippen LogP contribution in [0.5, 0.6) is 0 Å². The molecule has 2 heterocycles. The first-order valence-corrected chi connectivity index (χ1v) is 9.15. The summed E-state index contributed by atoms with van der Waals surface area (Å²) in [6.45, 7) is 0. The van der Waals surface area contributed by atoms with E-state index in [1.165, 1.54) is 36.0 Å². The number of thioether (sulfide) groups is 1. The standard InChI is InChI=1S/C19H14FN3O3S/c20-13-2-1-3-14(8-13)23-10-21-18-16(23)17(27-9-15(24)22-18)11-4-6-12(7-5-11)19(25)26/h1-8,10,17H,9H2,(H,22,24)(H,25,26)/t17-/m0/s1. The third kappa shape index (κ3) is 3.31. The van der Waals surface area contributed by atoms with Crippen LogP contribution < -0.4 is 5.32 Å². The molecule has 0 aliphatic carbocycles. The van der Waals surface area contributed by atoms with Gasteiger partial charge in [-0.25, -0.2) is 14.2 Å². The van der Waals surface area contributed by atoms with Crippen molar-refractivity contribution >= 4 is 29.5 Å². The van der Waals surface area contributed by atoms with E-state index in [2.05, 4.69) is 10.3 Å². The van der Waals surface area contributed by atoms with Crippen LogP contribution in [0.1, 0.15) is 26.9 Å². The monoisotopic (exact) mass is 383 g/mol. The van der Waals surface area contributed by atoms with E-state index < -0.39 is 5.97 Å². The highest BCUT2D eigenvalue weighted by molar-refractivity contribution is 8.00. The number of benzene rings is 2. The Morgan fingerprint density at radius 2 is 2.04 bits per heavy atom. The molecule has 1 aromatic heterocycles. The molecule has 1 amide bonds. The third-order valence-electron chi connectivity index (χ3n) is 4.24. The number of nitrogens with zero attached hydrogens (tertiary/aromatic N) is 2. The van der Waals surface area contributed by atoms with Gasteiger partial charge in [-0.15, -0.1) is 11.8 Å². The van der Waals surface area contributed by atoms with Crippen LogP contribution in [0.4, 0.5) is 10.2 Å². The van der Waals surface area contributed by atoms with Gasteiger partial charge in [0, 0.05) is 5.69 Å². The summed E-state index contributed by atoms with van der Waals surface area (Å²) in [5, 5.41) is 11.6. The summed E-state index contributed by atoms with van der Waals surface area (Å²) in [7, 11) is 0. The van der Waals surface area contributed by atoms with Crippen molar-refractivity contribution in [2.45, 2.75) is 5.25 Å². The van der Waals surface area contributed by atoms with E-state index in [1.807, 2.05) is 0 Å². The normalized spacial score (nSPS) is 16.3. The van der Waals surface area contributed by atoms with Crippen LogP contribution in [0.2, 0.25) is 0 Å². The summed E-state index contributed by atoms with van der Waals surface area (Å²) < 4.78 is 15.5. The van der Waals surface area contributed by atoms with Crippen LogP contribution in [0, 0.1) is 5.82 Å². The molecule has 3 aromatic rings. The van der Waals surface area contributed by atoms with Crippen molar-refractivity contribution in [3.8, 4) is 5.69 Å². The van der Waals surface area contributed by atoms with Gasteiger partial charge < -0.3 is 10.4 Å². The molecule has 8 heteroatoms. The molecule has 0 unspecified atom stereocenters. The molecule has 27 heavy (non-hydrogen) atoms. The maximum Gasteiger partial charge on any atom is 0.335 e. The lowest BCUT2D eigenvalue weighted by Crippen LogP contribution is -2.12. The molecule has 1 atom stereocenters. The number of amides is 1. The van der Waals surface area contributed by atoms with Gasteiger partial charge in [0.05, 0.1) is 22.3 Å². The average Bonchev–Trinajstić information content (AvgIpc) is 2.98. The van der Waals surface area contributed by atoms with Gasteiger partial charge in [0.15, 0.2) is 5.82 Å². The van der Waals surface area contributed by atoms with Crippen molar-refractivity contribution in [1.82, 2.24) is 9.55 Å². The number of hydrogen-bond acceptors (Lipinski definition) is 4. The quantitative estimate of drug-likeness (QED) is 0.723. The summed E-state index contributed by atoms with van der Waals surface area (Å²) in [4.78, 5) is 27.4. The van der Waals surface area contributed by atoms with Gasteiger partial charge in [-0.05, 0) is 35.9 Å². The van der Waals surface area contributed by atoms with Gasteiger partial charge in [0.2, 0.25) is 5.91 Å². The second kappa shape index (κ2) is 6.88. The minimum Gasteiger partial charge on any atom is -0.478 e. The molecule has 4 rings (SSSR count). The fraction of sp³-hybridized carbons (Fsp3) is 0.105. The number of halogens is 1. The number of imidazole rings is 1. The first-order valence-electron chi connectivity index (χ1n) is 8.11. The van der Waals surface area contributed by atoms with Crippen LogP contribution in [0.15, 0.2) is 54.9 Å². The number of hydrogen-bond donors (Lipinski definition) is 2. The lowest BCUT2D eigenvalue weighted by atomic mass is 10.1. The Balaban J connectivity index is 1.84. The van der Waals surface area contributed by atoms with Crippen molar-refractivity contribution in [3.05, 3.63) is 77.5 Å². The van der Waals surface area contributed by atoms with E-state index in [0.29, 0.717) is 17.2 Å². The van der Waals surface area contributed by atoms with Gasteiger partial charge in [-0.2, -0.15) is 0 Å². The molecule has 0 spiro atoms. The molecule has 0 saturated heterocycles. The second-order valence-corrected chi connectivity index (χ2v) is 7.09. The number of carboxylic acids is 1. The fourth-order valence-corrected chi connectivity index (χ4v) is 4.12. The molecular weight excluding hydrogens is 369 g/mol. The molecule has 2 aromatic carbocycles. The van der Waals surface area contributed by atoms with E-state index in [9.17, 15) is 14.0 Å². The molecule has 0 bridgehead atoms. The highest BCUT2D eigenvalue weighted by Gasteiger charge is 2.29. The highest BCUT2D eigenvalue weighted by atomic mass is 32.2. The smallest absolute Gasteiger partial charge is 0.335 e. The predicted molar refractivity (Wildman–Crippen MR) is 99.9 cm³/mol. The molecular formula is C19H14FN3O3S. The second-order valence-electron chi connectivity index (χ2n) is 5.99. The van der Waals surface area contributed by atoms with Crippen molar-refractivity contribution in [2.75, 3.05) is 11.1 Å². The number of aromatic carboxylic acids is 1. The summed E-state index contributed by atoms with van der Waals surface area (Å²) in [6.07, 6.45) is 1.55. The van der Waals surface area contributed by atoms with E-state index in [-0.39, 0.29) is 28.3 Å². The SMILES string of the molecule is O=C1CS[C@@H](c2ccc(C(=O)O)cc2)c2c(ncn2-c2cccc(F)c2)N1. The Morgan fingerprint density at radius 3 is 2.74 bits per heavy atom. The molecule has 136 valence electrons. The van der Waals surface area contributed by atoms with Gasteiger partial charge in [-0.1, -0.05) is 18.2 Å². The number of fused-ring (bicyclic) bond motifs is 1. The van der Waals surface area contributed by atoms with Gasteiger partial charge >= 0.3 is 5.97 Å². The molecule has 2 N–H and O–H groups in total. The van der Waals surface area contributed by atoms with Crippen LogP contribution >= 0.6 is 11.8 Å². The first-order chi connectivity index (χ1) is 13.0. The predicted octanol–water partition coefficient (Wildman–Crippen LogP) is 3.48. The zero-order valence-corrected chi connectivity index (χ0v) is 14.7. The Kier molecular flexibility index (Phi) is 4.41. The number of aromatic nitrogens is 2. The maximum atomic E-state index is 13.7. The van der Waals surface area contributed by atoms with E-state index >= 15 is 0 Å². The minimum absolute atomic E-state index is 0.171. The fourth-order valence-electron chi connectivity index (χ4n) is 3.00. The largest absolute Gasteiger partial charge is 0.478 e. The van der Waals surface area contributed by atoms with Gasteiger partial charge in [0.1, 0.15) is 12.1 Å². The maximum absolute atomic E-state index is 13.7. The highest BCUT2D eigenvalue weighted by Crippen LogP contribution is 2.42. The Labute approximate surface area is 158 Å². The first kappa shape index (κ1) is 17.3. The number of carbonyl (C=O) groups is 2. The van der Waals surface area contributed by atoms with Crippen molar-refractivity contribution in [3.63, 3.8) is 0 Å². The van der Waals surface area contributed by atoms with Crippen molar-refractivity contribution < 1.29 is 19.1 Å². The number of anilines is 1. The van der Waals surface area contributed by atoms with Crippen LogP contribution in [0.25, 0.3) is 5.69 Å². The van der Waals surface area contributed by atoms with Crippen molar-refractivity contribution in [1.29, 1.82) is 0 Å². The summed E-state index contributed by atoms with van der Waals surface area (Å²) in [5.74, 6) is -0.901. The molecule has 1 aliphatic rings. The van der Waals surface area contributed by atoms with E-state index in [4.69, 9.17) is 5.11 Å². The van der Waals surface area contributed by atoms with Gasteiger partial charge in [0.25, 0.3) is 0 Å². The van der Waals surface area contributed by atoms with E-state index in [0.717, 1.165) is 5.56 Å². The molecule has 1 aliphatic heterocycles. The molecule has 0 saturated carbocycles. The van der Waals surface area contributed by atoms with Crippen LogP contribution in [0.3, 0.4) is 0 Å². The van der Waals surface area contributed by atoms with Gasteiger partial charge in [-0.3, -0.25) is 9.36 Å². The van der Waals surface area contributed by atoms with Crippen LogP contribution in [-0.2, 0) is 4.79 Å². The Morgan fingerprint density at radius 1 is 1.26 bits per heavy atom. The Hall–Kier alpha value is -3.13. The van der Waals surface area contributed by atoms with Crippen molar-refractivity contribution in [2.24, 2.45) is 0 Å². The van der Waals surface area contributed by atoms with E-state index in [1.54, 1.807) is 35.2 Å². The minimum atomic E-state index is -1.00. The number of nitrogens with one attached hydrogen (secondary N) is 1. The number of carbonyl (C=O) groups excluding carboxylic acids is 1. The molecule has 0 fully saturated rings. The molecule has 6 nitrogen and oxygen atoms in total. The lowest BCUT2D eigenvalue weighted by Gasteiger charge is -2.18. The topological polar surface area (TPSA) is 84.2 Å². The Bertz CT molecular complexity index is 1030. The number of rotatable bonds is 3. The number of carboxylic acid groups (broad SMARTS) is 1. The van der Waals surface area contributed by atoms with Crippen LogP contribution in [-0.4, -0.2) is 32.3 Å². The average molecular weight is 383 g/mol. The summed E-state index contributed by atoms with van der Waals surface area (Å²) in [6, 6.07) is 12.6. The summed E-state index contributed by atoms with van der Waals surface area (Å²) >= 11 is 1.41.